The molecule has 1 fully saturated rings. The molecule has 0 spiro atoms. The first-order chi connectivity index (χ1) is 15.1. The lowest BCUT2D eigenvalue weighted by atomic mass is 10.0. The normalized spacial score (nSPS) is 14.3. The second-order valence-electron chi connectivity index (χ2n) is 7.79. The maximum Gasteiger partial charge on any atom is 0.256 e. The molecule has 0 atom stereocenters. The highest BCUT2D eigenvalue weighted by atomic mass is 35.5. The largest absolute Gasteiger partial charge is 0.368 e. The molecule has 1 saturated heterocycles. The zero-order valence-electron chi connectivity index (χ0n) is 17.3. The van der Waals surface area contributed by atoms with Crippen molar-refractivity contribution in [3.05, 3.63) is 83.6 Å². The molecule has 5 rings (SSSR count). The maximum atomic E-state index is 13.8. The lowest BCUT2D eigenvalue weighted by Crippen LogP contribution is -2.48. The Labute approximate surface area is 186 Å². The van der Waals surface area contributed by atoms with Crippen molar-refractivity contribution in [1.82, 2.24) is 14.5 Å². The number of aryl methyl sites for hydroxylation is 1. The van der Waals surface area contributed by atoms with Gasteiger partial charge in [0.2, 0.25) is 0 Å². The fraction of sp³-hybridized carbons (Fsp3) is 0.200. The van der Waals surface area contributed by atoms with E-state index in [1.807, 2.05) is 72.6 Å². The van der Waals surface area contributed by atoms with Gasteiger partial charge in [-0.25, -0.2) is 0 Å². The van der Waals surface area contributed by atoms with Gasteiger partial charge in [-0.05, 0) is 35.9 Å². The van der Waals surface area contributed by atoms with Crippen LogP contribution in [0.5, 0.6) is 0 Å². The van der Waals surface area contributed by atoms with E-state index in [1.54, 1.807) is 12.4 Å². The molecule has 5 nitrogen and oxygen atoms in total. The smallest absolute Gasteiger partial charge is 0.256 e. The fourth-order valence-electron chi connectivity index (χ4n) is 4.45. The lowest BCUT2D eigenvalue weighted by molar-refractivity contribution is 0.0749. The molecule has 6 heteroatoms. The van der Waals surface area contributed by atoms with E-state index in [-0.39, 0.29) is 5.91 Å². The summed E-state index contributed by atoms with van der Waals surface area (Å²) in [6.45, 7) is 2.93. The number of hydrogen-bond donors (Lipinski definition) is 0. The minimum atomic E-state index is 0.0566. The number of fused-ring (bicyclic) bond motifs is 1. The van der Waals surface area contributed by atoms with Crippen LogP contribution in [0.4, 0.5) is 5.69 Å². The zero-order valence-corrected chi connectivity index (χ0v) is 18.1. The molecule has 1 amide bonds. The number of carbonyl (C=O) groups is 1. The van der Waals surface area contributed by atoms with Crippen molar-refractivity contribution in [2.75, 3.05) is 31.1 Å². The molecular formula is C25H23ClN4O. The van der Waals surface area contributed by atoms with Crippen LogP contribution in [0.2, 0.25) is 5.02 Å². The minimum Gasteiger partial charge on any atom is -0.368 e. The van der Waals surface area contributed by atoms with Crippen LogP contribution in [-0.2, 0) is 7.05 Å². The highest BCUT2D eigenvalue weighted by Crippen LogP contribution is 2.35. The van der Waals surface area contributed by atoms with Gasteiger partial charge in [0.1, 0.15) is 0 Å². The van der Waals surface area contributed by atoms with Crippen LogP contribution < -0.4 is 4.90 Å². The maximum absolute atomic E-state index is 13.8. The van der Waals surface area contributed by atoms with Crippen LogP contribution in [0.15, 0.2) is 73.1 Å². The van der Waals surface area contributed by atoms with Crippen molar-refractivity contribution in [3.8, 4) is 11.3 Å². The second-order valence-corrected chi connectivity index (χ2v) is 8.23. The molecule has 1 aliphatic rings. The third-order valence-electron chi connectivity index (χ3n) is 6.02. The molecular weight excluding hydrogens is 408 g/mol. The van der Waals surface area contributed by atoms with Crippen LogP contribution in [0.25, 0.3) is 22.2 Å². The summed E-state index contributed by atoms with van der Waals surface area (Å²) >= 11 is 6.33. The summed E-state index contributed by atoms with van der Waals surface area (Å²) in [5, 5.41) is 1.53. The predicted molar refractivity (Wildman–Crippen MR) is 126 cm³/mol. The summed E-state index contributed by atoms with van der Waals surface area (Å²) in [4.78, 5) is 22.2. The molecule has 0 aliphatic carbocycles. The number of nitrogens with zero attached hydrogens (tertiary/aromatic N) is 4. The van der Waals surface area contributed by atoms with Gasteiger partial charge in [0.15, 0.2) is 0 Å². The van der Waals surface area contributed by atoms with Gasteiger partial charge in [-0.3, -0.25) is 9.78 Å². The van der Waals surface area contributed by atoms with Gasteiger partial charge < -0.3 is 14.4 Å². The van der Waals surface area contributed by atoms with E-state index in [0.717, 1.165) is 46.5 Å². The Morgan fingerprint density at radius 3 is 2.35 bits per heavy atom. The number of piperazine rings is 1. The first-order valence-electron chi connectivity index (χ1n) is 10.4. The van der Waals surface area contributed by atoms with Gasteiger partial charge in [-0.15, -0.1) is 0 Å². The molecule has 31 heavy (non-hydrogen) atoms. The van der Waals surface area contributed by atoms with Gasteiger partial charge in [-0.2, -0.15) is 0 Å². The van der Waals surface area contributed by atoms with Gasteiger partial charge in [0.25, 0.3) is 5.91 Å². The fourth-order valence-corrected chi connectivity index (χ4v) is 4.62. The van der Waals surface area contributed by atoms with E-state index in [1.165, 1.54) is 0 Å². The van der Waals surface area contributed by atoms with E-state index in [0.29, 0.717) is 18.1 Å². The third kappa shape index (κ3) is 3.55. The van der Waals surface area contributed by atoms with Crippen LogP contribution in [0.1, 0.15) is 10.4 Å². The molecule has 1 aliphatic heterocycles. The topological polar surface area (TPSA) is 41.4 Å². The average molecular weight is 431 g/mol. The van der Waals surface area contributed by atoms with Gasteiger partial charge in [-0.1, -0.05) is 41.9 Å². The zero-order chi connectivity index (χ0) is 21.4. The third-order valence-corrected chi connectivity index (χ3v) is 6.25. The van der Waals surface area contributed by atoms with E-state index >= 15 is 0 Å². The van der Waals surface area contributed by atoms with Crippen molar-refractivity contribution < 1.29 is 4.79 Å². The summed E-state index contributed by atoms with van der Waals surface area (Å²) in [5.41, 5.74) is 4.82. The Kier molecular flexibility index (Phi) is 5.12. The molecule has 0 radical (unpaired) electrons. The molecule has 2 aromatic carbocycles. The first-order valence-corrected chi connectivity index (χ1v) is 10.8. The van der Waals surface area contributed by atoms with E-state index in [9.17, 15) is 4.79 Å². The lowest BCUT2D eigenvalue weighted by Gasteiger charge is -2.36. The van der Waals surface area contributed by atoms with Gasteiger partial charge in [0, 0.05) is 67.2 Å². The Morgan fingerprint density at radius 1 is 0.935 bits per heavy atom. The number of rotatable bonds is 3. The molecule has 0 bridgehead atoms. The van der Waals surface area contributed by atoms with Gasteiger partial charge in [0.05, 0.1) is 11.3 Å². The number of hydrogen-bond acceptors (Lipinski definition) is 3. The first kappa shape index (κ1) is 19.6. The highest BCUT2D eigenvalue weighted by Gasteiger charge is 2.28. The number of amides is 1. The summed E-state index contributed by atoms with van der Waals surface area (Å²) in [5.74, 6) is 0.0566. The molecule has 3 heterocycles. The molecule has 0 unspecified atom stereocenters. The summed E-state index contributed by atoms with van der Waals surface area (Å²) < 4.78 is 2.10. The Bertz CT molecular complexity index is 1230. The Hall–Kier alpha value is -3.31. The van der Waals surface area contributed by atoms with Crippen LogP contribution in [0.3, 0.4) is 0 Å². The molecule has 0 saturated carbocycles. The number of pyridine rings is 1. The SMILES string of the molecule is Cn1c(-c2ccccc2)c(C(=O)N2CCN(c3ccncc3)CC2)c2cc(Cl)ccc21. The van der Waals surface area contributed by atoms with Crippen molar-refractivity contribution in [1.29, 1.82) is 0 Å². The number of aromatic nitrogens is 2. The predicted octanol–water partition coefficient (Wildman–Crippen LogP) is 4.86. The monoisotopic (exact) mass is 430 g/mol. The summed E-state index contributed by atoms with van der Waals surface area (Å²) in [6.07, 6.45) is 3.61. The molecule has 2 aromatic heterocycles. The molecule has 156 valence electrons. The quantitative estimate of drug-likeness (QED) is 0.466. The van der Waals surface area contributed by atoms with Crippen molar-refractivity contribution in [2.45, 2.75) is 0 Å². The van der Waals surface area contributed by atoms with Gasteiger partial charge >= 0.3 is 0 Å². The Balaban J connectivity index is 1.52. The van der Waals surface area contributed by atoms with Crippen LogP contribution in [-0.4, -0.2) is 46.5 Å². The standard InChI is InChI=1S/C25H23ClN4O/c1-28-22-8-7-19(26)17-21(22)23(24(28)18-5-3-2-4-6-18)25(31)30-15-13-29(14-16-30)20-9-11-27-12-10-20/h2-12,17H,13-16H2,1H3. The average Bonchev–Trinajstić information content (AvgIpc) is 3.11. The number of halogens is 1. The molecule has 4 aromatic rings. The van der Waals surface area contributed by atoms with E-state index < -0.39 is 0 Å². The number of anilines is 1. The molecule has 0 N–H and O–H groups in total. The van der Waals surface area contributed by atoms with E-state index in [2.05, 4.69) is 14.5 Å². The Morgan fingerprint density at radius 2 is 1.65 bits per heavy atom. The second kappa shape index (κ2) is 8.08. The summed E-state index contributed by atoms with van der Waals surface area (Å²) in [6, 6.07) is 19.9. The number of carbonyl (C=O) groups excluding carboxylic acids is 1. The highest BCUT2D eigenvalue weighted by molar-refractivity contribution is 6.31. The minimum absolute atomic E-state index is 0.0566. The van der Waals surface area contributed by atoms with Crippen molar-refractivity contribution in [2.24, 2.45) is 7.05 Å². The summed E-state index contributed by atoms with van der Waals surface area (Å²) in [7, 11) is 2.01. The van der Waals surface area contributed by atoms with Crippen molar-refractivity contribution >= 4 is 34.1 Å². The van der Waals surface area contributed by atoms with Crippen LogP contribution in [0, 0.1) is 0 Å². The van der Waals surface area contributed by atoms with Crippen LogP contribution >= 0.6 is 11.6 Å². The number of benzene rings is 2. The van der Waals surface area contributed by atoms with Crippen molar-refractivity contribution in [3.63, 3.8) is 0 Å². The van der Waals surface area contributed by atoms with E-state index in [4.69, 9.17) is 11.6 Å².